The highest BCUT2D eigenvalue weighted by molar-refractivity contribution is 5.91. The first-order valence-electron chi connectivity index (χ1n) is 9.04. The molecule has 1 aliphatic heterocycles. The third kappa shape index (κ3) is 11.2. The number of ether oxygens (including phenoxy) is 3. The van der Waals surface area contributed by atoms with Crippen LogP contribution in [0.4, 0.5) is 0 Å². The van der Waals surface area contributed by atoms with Crippen molar-refractivity contribution in [2.45, 2.75) is 45.4 Å². The second-order valence-electron chi connectivity index (χ2n) is 5.89. The van der Waals surface area contributed by atoms with Gasteiger partial charge in [0.15, 0.2) is 0 Å². The van der Waals surface area contributed by atoms with Crippen molar-refractivity contribution in [3.8, 4) is 0 Å². The summed E-state index contributed by atoms with van der Waals surface area (Å²) in [6, 6.07) is 0. The molecule has 1 fully saturated rings. The molecule has 0 aromatic carbocycles. The van der Waals surface area contributed by atoms with E-state index in [1.54, 1.807) is 0 Å². The van der Waals surface area contributed by atoms with Gasteiger partial charge in [-0.3, -0.25) is 4.90 Å². The number of carbonyl (C=O) groups excluding carboxylic acids is 2. The van der Waals surface area contributed by atoms with Crippen molar-refractivity contribution in [3.05, 3.63) is 12.2 Å². The minimum Gasteiger partial charge on any atom is -0.463 e. The highest BCUT2D eigenvalue weighted by atomic mass is 16.5. The van der Waals surface area contributed by atoms with Crippen LogP contribution in [-0.4, -0.2) is 62.9 Å². The number of hydrogen-bond donors (Lipinski definition) is 0. The quantitative estimate of drug-likeness (QED) is 0.308. The lowest BCUT2D eigenvalue weighted by Gasteiger charge is -2.26. The van der Waals surface area contributed by atoms with Crippen LogP contribution in [0.3, 0.4) is 0 Å². The average molecular weight is 341 g/mol. The Balaban J connectivity index is 1.96. The normalized spacial score (nSPS) is 15.5. The van der Waals surface area contributed by atoms with Crippen molar-refractivity contribution in [2.24, 2.45) is 0 Å². The Kier molecular flexibility index (Phi) is 12.0. The molecule has 0 N–H and O–H groups in total. The van der Waals surface area contributed by atoms with E-state index in [9.17, 15) is 9.59 Å². The molecule has 0 aliphatic carbocycles. The summed E-state index contributed by atoms with van der Waals surface area (Å²) in [5, 5.41) is 0. The smallest absolute Gasteiger partial charge is 0.331 e. The first kappa shape index (κ1) is 20.6. The van der Waals surface area contributed by atoms with E-state index in [1.807, 2.05) is 0 Å². The SMILES string of the molecule is CCCCCCOC(=O)/C=C/C(=O)OCCCCN1CCOCC1. The maximum Gasteiger partial charge on any atom is 0.331 e. The van der Waals surface area contributed by atoms with E-state index >= 15 is 0 Å². The van der Waals surface area contributed by atoms with Crippen LogP contribution >= 0.6 is 0 Å². The first-order valence-corrected chi connectivity index (χ1v) is 9.04. The Morgan fingerprint density at radius 1 is 0.917 bits per heavy atom. The molecule has 1 saturated heterocycles. The van der Waals surface area contributed by atoms with Crippen LogP contribution in [-0.2, 0) is 23.8 Å². The van der Waals surface area contributed by atoms with E-state index in [4.69, 9.17) is 14.2 Å². The third-order valence-electron chi connectivity index (χ3n) is 3.81. The summed E-state index contributed by atoms with van der Waals surface area (Å²) in [5.74, 6) is -0.986. The van der Waals surface area contributed by atoms with Crippen molar-refractivity contribution in [3.63, 3.8) is 0 Å². The molecule has 6 nitrogen and oxygen atoms in total. The van der Waals surface area contributed by atoms with E-state index in [-0.39, 0.29) is 0 Å². The van der Waals surface area contributed by atoms with E-state index in [1.165, 1.54) is 0 Å². The van der Waals surface area contributed by atoms with Gasteiger partial charge in [0.25, 0.3) is 0 Å². The van der Waals surface area contributed by atoms with Crippen LogP contribution < -0.4 is 0 Å². The van der Waals surface area contributed by atoms with Gasteiger partial charge in [0.2, 0.25) is 0 Å². The summed E-state index contributed by atoms with van der Waals surface area (Å²) in [7, 11) is 0. The molecular formula is C18H31NO5. The molecule has 0 bridgehead atoms. The number of carbonyl (C=O) groups is 2. The number of rotatable bonds is 12. The van der Waals surface area contributed by atoms with Gasteiger partial charge in [-0.25, -0.2) is 9.59 Å². The van der Waals surface area contributed by atoms with Crippen LogP contribution in [0.15, 0.2) is 12.2 Å². The fourth-order valence-electron chi connectivity index (χ4n) is 2.37. The van der Waals surface area contributed by atoms with Gasteiger partial charge in [-0.05, 0) is 25.8 Å². The van der Waals surface area contributed by atoms with E-state index in [2.05, 4.69) is 11.8 Å². The Morgan fingerprint density at radius 3 is 2.08 bits per heavy atom. The monoisotopic (exact) mass is 341 g/mol. The summed E-state index contributed by atoms with van der Waals surface area (Å²) in [6.07, 6.45) is 8.28. The largest absolute Gasteiger partial charge is 0.463 e. The number of nitrogens with zero attached hydrogens (tertiary/aromatic N) is 1. The Bertz CT molecular complexity index is 378. The number of morpholine rings is 1. The molecule has 0 radical (unpaired) electrons. The van der Waals surface area contributed by atoms with Gasteiger partial charge in [0.05, 0.1) is 26.4 Å². The maximum absolute atomic E-state index is 11.5. The van der Waals surface area contributed by atoms with Gasteiger partial charge in [-0.1, -0.05) is 26.2 Å². The molecule has 138 valence electrons. The standard InChI is InChI=1S/C18H31NO5/c1-2-3-4-6-13-23-17(20)8-9-18(21)24-14-7-5-10-19-11-15-22-16-12-19/h8-9H,2-7,10-16H2,1H3/b9-8+. The molecule has 0 atom stereocenters. The molecule has 0 amide bonds. The van der Waals surface area contributed by atoms with Gasteiger partial charge < -0.3 is 14.2 Å². The van der Waals surface area contributed by atoms with E-state index in [0.29, 0.717) is 13.2 Å². The van der Waals surface area contributed by atoms with Gasteiger partial charge >= 0.3 is 11.9 Å². The zero-order chi connectivity index (χ0) is 17.5. The minimum atomic E-state index is -0.496. The third-order valence-corrected chi connectivity index (χ3v) is 3.81. The molecule has 1 heterocycles. The Hall–Kier alpha value is -1.40. The first-order chi connectivity index (χ1) is 11.7. The zero-order valence-corrected chi connectivity index (χ0v) is 14.8. The van der Waals surface area contributed by atoms with Crippen molar-refractivity contribution in [2.75, 3.05) is 46.1 Å². The van der Waals surface area contributed by atoms with Gasteiger partial charge in [0.1, 0.15) is 0 Å². The van der Waals surface area contributed by atoms with Crippen LogP contribution in [0.1, 0.15) is 45.4 Å². The fraction of sp³-hybridized carbons (Fsp3) is 0.778. The summed E-state index contributed by atoms with van der Waals surface area (Å²) < 4.78 is 15.4. The van der Waals surface area contributed by atoms with Gasteiger partial charge in [0, 0.05) is 25.2 Å². The fourth-order valence-corrected chi connectivity index (χ4v) is 2.37. The van der Waals surface area contributed by atoms with Crippen molar-refractivity contribution < 1.29 is 23.8 Å². The van der Waals surface area contributed by atoms with Crippen molar-refractivity contribution >= 4 is 11.9 Å². The molecule has 6 heteroatoms. The van der Waals surface area contributed by atoms with Crippen molar-refractivity contribution in [1.82, 2.24) is 4.90 Å². The molecule has 0 spiro atoms. The number of unbranched alkanes of at least 4 members (excludes halogenated alkanes) is 4. The highest BCUT2D eigenvalue weighted by Crippen LogP contribution is 2.01. The predicted molar refractivity (Wildman–Crippen MR) is 91.7 cm³/mol. The molecule has 0 unspecified atom stereocenters. The van der Waals surface area contributed by atoms with Crippen LogP contribution in [0.2, 0.25) is 0 Å². The molecule has 0 aromatic heterocycles. The molecule has 0 aromatic rings. The van der Waals surface area contributed by atoms with Crippen LogP contribution in [0, 0.1) is 0 Å². The lowest BCUT2D eigenvalue weighted by atomic mass is 10.2. The van der Waals surface area contributed by atoms with Crippen LogP contribution in [0.25, 0.3) is 0 Å². The van der Waals surface area contributed by atoms with Crippen molar-refractivity contribution in [1.29, 1.82) is 0 Å². The number of esters is 2. The summed E-state index contributed by atoms with van der Waals surface area (Å²) >= 11 is 0. The molecule has 0 saturated carbocycles. The summed E-state index contributed by atoms with van der Waals surface area (Å²) in [6.45, 7) is 7.46. The second kappa shape index (κ2) is 14.0. The second-order valence-corrected chi connectivity index (χ2v) is 5.89. The maximum atomic E-state index is 11.5. The van der Waals surface area contributed by atoms with Gasteiger partial charge in [-0.15, -0.1) is 0 Å². The molecule has 24 heavy (non-hydrogen) atoms. The lowest BCUT2D eigenvalue weighted by molar-refractivity contribution is -0.140. The average Bonchev–Trinajstić information content (AvgIpc) is 2.60. The van der Waals surface area contributed by atoms with Crippen LogP contribution in [0.5, 0.6) is 0 Å². The molecule has 1 rings (SSSR count). The lowest BCUT2D eigenvalue weighted by Crippen LogP contribution is -2.36. The molecular weight excluding hydrogens is 310 g/mol. The van der Waals surface area contributed by atoms with E-state index < -0.39 is 11.9 Å². The predicted octanol–water partition coefficient (Wildman–Crippen LogP) is 2.32. The topological polar surface area (TPSA) is 65.1 Å². The zero-order valence-electron chi connectivity index (χ0n) is 14.8. The summed E-state index contributed by atoms with van der Waals surface area (Å²) in [5.41, 5.74) is 0. The Morgan fingerprint density at radius 2 is 1.50 bits per heavy atom. The molecule has 1 aliphatic rings. The Labute approximate surface area is 145 Å². The van der Waals surface area contributed by atoms with E-state index in [0.717, 1.165) is 83.5 Å². The number of hydrogen-bond acceptors (Lipinski definition) is 6. The van der Waals surface area contributed by atoms with Gasteiger partial charge in [-0.2, -0.15) is 0 Å². The minimum absolute atomic E-state index is 0.375. The highest BCUT2D eigenvalue weighted by Gasteiger charge is 2.09. The summed E-state index contributed by atoms with van der Waals surface area (Å²) in [4.78, 5) is 25.2.